The van der Waals surface area contributed by atoms with Crippen LogP contribution in [0.2, 0.25) is 0 Å². The van der Waals surface area contributed by atoms with E-state index in [1.165, 1.54) is 4.90 Å². The summed E-state index contributed by atoms with van der Waals surface area (Å²) in [4.78, 5) is 40.1. The monoisotopic (exact) mass is 710 g/mol. The summed E-state index contributed by atoms with van der Waals surface area (Å²) in [5, 5.41) is 12.5. The molecule has 278 valence electrons. The second-order valence-electron chi connectivity index (χ2n) is 15.6. The Morgan fingerprint density at radius 2 is 1.59 bits per heavy atom. The van der Waals surface area contributed by atoms with Gasteiger partial charge in [0, 0.05) is 12.5 Å². The normalized spacial score (nSPS) is 26.3. The summed E-state index contributed by atoms with van der Waals surface area (Å²) in [5.74, 6) is -4.57. The van der Waals surface area contributed by atoms with Crippen LogP contribution in [-0.4, -0.2) is 102 Å². The lowest BCUT2D eigenvalue weighted by molar-refractivity contribution is -0.285. The molecule has 2 amide bonds. The largest absolute Gasteiger partial charge is 0.480 e. The zero-order valence-corrected chi connectivity index (χ0v) is 30.4. The lowest BCUT2D eigenvalue weighted by Crippen LogP contribution is -2.63. The molecule has 0 aromatic heterocycles. The number of benzene rings is 2. The number of aliphatic carboxylic acids is 1. The van der Waals surface area contributed by atoms with Crippen LogP contribution in [0.5, 0.6) is 0 Å². The highest BCUT2D eigenvalue weighted by Gasteiger charge is 2.66. The van der Waals surface area contributed by atoms with Gasteiger partial charge >= 0.3 is 18.2 Å². The van der Waals surface area contributed by atoms with E-state index < -0.39 is 59.4 Å². The summed E-state index contributed by atoms with van der Waals surface area (Å²) in [6, 6.07) is 14.8. The molecule has 3 aliphatic heterocycles. The maximum atomic E-state index is 13.6. The first kappa shape index (κ1) is 37.0. The van der Waals surface area contributed by atoms with E-state index in [9.17, 15) is 19.5 Å². The van der Waals surface area contributed by atoms with Crippen molar-refractivity contribution in [3.05, 3.63) is 59.7 Å². The van der Waals surface area contributed by atoms with Crippen LogP contribution in [0.3, 0.4) is 0 Å². The SMILES string of the molecule is CC(C)(C)OC(=O)N(CCCC[C@H](NC(=O)OCC1c2ccccc2-c2ccccc21)C(=O)O)C[C@@]12OC[C@H]3OC(C)(C)O[C@H]3[C@H]1OC(C)(C)O2. The van der Waals surface area contributed by atoms with Gasteiger partial charge in [-0.15, -0.1) is 0 Å². The number of fused-ring (bicyclic) bond motifs is 6. The molecule has 2 aromatic rings. The molecule has 6 rings (SSSR count). The van der Waals surface area contributed by atoms with Crippen LogP contribution in [0, 0.1) is 0 Å². The maximum Gasteiger partial charge on any atom is 0.410 e. The minimum absolute atomic E-state index is 0.0244. The van der Waals surface area contributed by atoms with Crippen molar-refractivity contribution in [2.24, 2.45) is 0 Å². The van der Waals surface area contributed by atoms with Crippen LogP contribution in [-0.2, 0) is 38.0 Å². The van der Waals surface area contributed by atoms with Gasteiger partial charge in [0.25, 0.3) is 0 Å². The number of unbranched alkanes of at least 4 members (excludes halogenated alkanes) is 1. The van der Waals surface area contributed by atoms with Gasteiger partial charge in [-0.2, -0.15) is 0 Å². The van der Waals surface area contributed by atoms with Crippen LogP contribution < -0.4 is 5.32 Å². The first-order valence-corrected chi connectivity index (χ1v) is 17.7. The molecule has 4 aliphatic rings. The number of hydrogen-bond acceptors (Lipinski definition) is 10. The predicted molar refractivity (Wildman–Crippen MR) is 184 cm³/mol. The van der Waals surface area contributed by atoms with Crippen molar-refractivity contribution in [1.82, 2.24) is 10.2 Å². The van der Waals surface area contributed by atoms with Gasteiger partial charge in [0.05, 0.1) is 13.2 Å². The number of rotatable bonds is 11. The maximum absolute atomic E-state index is 13.6. The molecule has 0 radical (unpaired) electrons. The van der Waals surface area contributed by atoms with E-state index in [-0.39, 0.29) is 44.7 Å². The Labute approximate surface area is 298 Å². The number of carbonyl (C=O) groups is 3. The van der Waals surface area contributed by atoms with Gasteiger partial charge in [-0.25, -0.2) is 14.4 Å². The number of hydrogen-bond donors (Lipinski definition) is 2. The third kappa shape index (κ3) is 8.18. The van der Waals surface area contributed by atoms with E-state index in [2.05, 4.69) is 5.32 Å². The summed E-state index contributed by atoms with van der Waals surface area (Å²) in [5.41, 5.74) is 3.55. The first-order valence-electron chi connectivity index (χ1n) is 17.7. The zero-order valence-electron chi connectivity index (χ0n) is 30.4. The number of carbonyl (C=O) groups excluding carboxylic acids is 2. The van der Waals surface area contributed by atoms with Gasteiger partial charge < -0.3 is 48.5 Å². The van der Waals surface area contributed by atoms with E-state index in [1.807, 2.05) is 62.4 Å². The molecule has 0 bridgehead atoms. The Balaban J connectivity index is 1.07. The van der Waals surface area contributed by atoms with E-state index in [0.29, 0.717) is 12.8 Å². The molecule has 1 aliphatic carbocycles. The zero-order chi connectivity index (χ0) is 36.8. The number of carboxylic acid groups (broad SMARTS) is 1. The molecule has 5 atom stereocenters. The van der Waals surface area contributed by atoms with E-state index in [1.54, 1.807) is 34.6 Å². The molecule has 3 saturated heterocycles. The van der Waals surface area contributed by atoms with Crippen LogP contribution in [0.1, 0.15) is 84.8 Å². The molecule has 3 fully saturated rings. The number of nitrogens with one attached hydrogen (secondary N) is 1. The molecule has 2 N–H and O–H groups in total. The lowest BCUT2D eigenvalue weighted by Gasteiger charge is -2.43. The van der Waals surface area contributed by atoms with E-state index in [4.69, 9.17) is 33.2 Å². The van der Waals surface area contributed by atoms with Crippen LogP contribution in [0.25, 0.3) is 11.1 Å². The topological polar surface area (TPSA) is 151 Å². The second kappa shape index (κ2) is 14.0. The van der Waals surface area contributed by atoms with Crippen molar-refractivity contribution < 1.29 is 52.6 Å². The fraction of sp³-hybridized carbons (Fsp3) is 0.605. The molecule has 0 saturated carbocycles. The van der Waals surface area contributed by atoms with Crippen LogP contribution >= 0.6 is 0 Å². The van der Waals surface area contributed by atoms with Crippen molar-refractivity contribution in [2.75, 3.05) is 26.3 Å². The van der Waals surface area contributed by atoms with Gasteiger partial charge in [0.15, 0.2) is 11.6 Å². The Hall–Kier alpha value is -3.75. The lowest BCUT2D eigenvalue weighted by atomic mass is 9.96. The van der Waals surface area contributed by atoms with E-state index in [0.717, 1.165) is 22.3 Å². The Kier molecular flexibility index (Phi) is 10.2. The molecule has 2 aromatic carbocycles. The smallest absolute Gasteiger partial charge is 0.410 e. The standard InChI is InChI=1S/C38H50N2O11/c1-35(2,3)50-34(44)40(22-38-31(49-37(6,7)51-38)30-29(21-46-38)47-36(4,5)48-30)19-13-12-18-28(32(41)42)39-33(43)45-20-27-25-16-10-8-14-23(25)24-15-9-11-17-26(24)27/h8-11,14-17,27-31H,12-13,18-22H2,1-7H3,(H,39,43)(H,41,42)/t28-,29+,30+,31+,38-/m0/s1. The summed E-state index contributed by atoms with van der Waals surface area (Å²) < 4.78 is 42.6. The van der Waals surface area contributed by atoms with E-state index >= 15 is 0 Å². The average molecular weight is 711 g/mol. The van der Waals surface area contributed by atoms with Gasteiger partial charge in [0.1, 0.15) is 36.6 Å². The van der Waals surface area contributed by atoms with Crippen molar-refractivity contribution in [3.63, 3.8) is 0 Å². The number of alkyl carbamates (subject to hydrolysis) is 1. The Bertz CT molecular complexity index is 1580. The predicted octanol–water partition coefficient (Wildman–Crippen LogP) is 5.78. The number of ether oxygens (including phenoxy) is 7. The van der Waals surface area contributed by atoms with Crippen LogP contribution in [0.4, 0.5) is 9.59 Å². The van der Waals surface area contributed by atoms with Crippen molar-refractivity contribution in [3.8, 4) is 11.1 Å². The highest BCUT2D eigenvalue weighted by Crippen LogP contribution is 2.48. The molecule has 0 unspecified atom stereocenters. The Morgan fingerprint density at radius 1 is 0.941 bits per heavy atom. The van der Waals surface area contributed by atoms with Gasteiger partial charge in [-0.3, -0.25) is 0 Å². The number of amides is 2. The molecule has 3 heterocycles. The van der Waals surface area contributed by atoms with Crippen molar-refractivity contribution in [2.45, 2.75) is 121 Å². The summed E-state index contributed by atoms with van der Waals surface area (Å²) in [7, 11) is 0. The molecule has 0 spiro atoms. The van der Waals surface area contributed by atoms with Gasteiger partial charge in [-0.1, -0.05) is 48.5 Å². The molecule has 51 heavy (non-hydrogen) atoms. The fourth-order valence-corrected chi connectivity index (χ4v) is 7.48. The minimum atomic E-state index is -1.36. The van der Waals surface area contributed by atoms with Crippen molar-refractivity contribution >= 4 is 18.2 Å². The van der Waals surface area contributed by atoms with Gasteiger partial charge in [0.2, 0.25) is 5.79 Å². The highest BCUT2D eigenvalue weighted by molar-refractivity contribution is 5.81. The average Bonchev–Trinajstić information content (AvgIpc) is 3.64. The Morgan fingerprint density at radius 3 is 2.22 bits per heavy atom. The highest BCUT2D eigenvalue weighted by atomic mass is 16.9. The third-order valence-electron chi connectivity index (χ3n) is 9.44. The first-order chi connectivity index (χ1) is 24.0. The summed E-state index contributed by atoms with van der Waals surface area (Å²) >= 11 is 0. The molecule has 13 heteroatoms. The molecular weight excluding hydrogens is 660 g/mol. The third-order valence-corrected chi connectivity index (χ3v) is 9.44. The second-order valence-corrected chi connectivity index (χ2v) is 15.6. The summed E-state index contributed by atoms with van der Waals surface area (Å²) in [6.45, 7) is 13.0. The number of carboxylic acids is 1. The fourth-order valence-electron chi connectivity index (χ4n) is 7.48. The van der Waals surface area contributed by atoms with Crippen molar-refractivity contribution in [1.29, 1.82) is 0 Å². The molecular formula is C38H50N2O11. The van der Waals surface area contributed by atoms with Crippen LogP contribution in [0.15, 0.2) is 48.5 Å². The minimum Gasteiger partial charge on any atom is -0.480 e. The number of nitrogens with zero attached hydrogens (tertiary/aromatic N) is 1. The molecule has 13 nitrogen and oxygen atoms in total. The summed E-state index contributed by atoms with van der Waals surface area (Å²) in [6.07, 6.45) is -2.06. The van der Waals surface area contributed by atoms with Gasteiger partial charge in [-0.05, 0) is 90.0 Å². The quantitative estimate of drug-likeness (QED) is 0.273.